The van der Waals surface area contributed by atoms with Crippen LogP contribution in [0.3, 0.4) is 0 Å². The van der Waals surface area contributed by atoms with E-state index in [1.807, 2.05) is 0 Å². The lowest BCUT2D eigenvalue weighted by Gasteiger charge is -2.28. The van der Waals surface area contributed by atoms with Gasteiger partial charge in [-0.15, -0.1) is 12.6 Å². The molecule has 0 radical (unpaired) electrons. The van der Waals surface area contributed by atoms with Crippen molar-refractivity contribution in [1.29, 1.82) is 0 Å². The minimum Gasteiger partial charge on any atom is -0.349 e. The Hall–Kier alpha value is -0.670. The largest absolute Gasteiger partial charge is 0.349 e. The topological polar surface area (TPSA) is 29.1 Å². The van der Waals surface area contributed by atoms with Crippen LogP contribution in [0.2, 0.25) is 5.02 Å². The van der Waals surface area contributed by atoms with Gasteiger partial charge < -0.3 is 5.32 Å². The molecule has 1 N–H and O–H groups in total. The summed E-state index contributed by atoms with van der Waals surface area (Å²) in [4.78, 5) is 13.0. The van der Waals surface area contributed by atoms with Crippen LogP contribution >= 0.6 is 24.2 Å². The normalized spacial score (nSPS) is 21.9. The van der Waals surface area contributed by atoms with Gasteiger partial charge in [0.25, 0.3) is 5.91 Å². The smallest absolute Gasteiger partial charge is 0.253 e. The third-order valence-corrected chi connectivity index (χ3v) is 4.36. The molecule has 0 aromatic heterocycles. The molecule has 2 rings (SSSR count). The van der Waals surface area contributed by atoms with Crippen LogP contribution in [0.15, 0.2) is 23.1 Å². The Labute approximate surface area is 119 Å². The van der Waals surface area contributed by atoms with Gasteiger partial charge in [-0.05, 0) is 36.5 Å². The second-order valence-corrected chi connectivity index (χ2v) is 6.49. The number of carbonyl (C=O) groups is 1. The Bertz CT molecular complexity index is 473. The van der Waals surface area contributed by atoms with Crippen LogP contribution in [0.25, 0.3) is 0 Å². The molecule has 0 bridgehead atoms. The summed E-state index contributed by atoms with van der Waals surface area (Å²) >= 11 is 10.3. The number of carbonyl (C=O) groups excluding carboxylic acids is 1. The number of hydrogen-bond donors (Lipinski definition) is 2. The lowest BCUT2D eigenvalue weighted by atomic mass is 9.87. The molecule has 0 aliphatic heterocycles. The highest BCUT2D eigenvalue weighted by atomic mass is 35.5. The summed E-state index contributed by atoms with van der Waals surface area (Å²) < 4.78 is 0. The zero-order valence-corrected chi connectivity index (χ0v) is 12.3. The van der Waals surface area contributed by atoms with Crippen molar-refractivity contribution in [3.05, 3.63) is 28.8 Å². The molecule has 1 fully saturated rings. The number of hydrogen-bond acceptors (Lipinski definition) is 2. The maximum atomic E-state index is 12.2. The van der Waals surface area contributed by atoms with E-state index in [4.69, 9.17) is 11.6 Å². The molecule has 1 aromatic carbocycles. The van der Waals surface area contributed by atoms with Crippen LogP contribution in [0.5, 0.6) is 0 Å². The Morgan fingerprint density at radius 1 is 1.50 bits per heavy atom. The quantitative estimate of drug-likeness (QED) is 0.791. The van der Waals surface area contributed by atoms with Gasteiger partial charge in [-0.1, -0.05) is 31.9 Å². The van der Waals surface area contributed by atoms with Gasteiger partial charge in [-0.3, -0.25) is 4.79 Å². The zero-order valence-electron chi connectivity index (χ0n) is 10.7. The van der Waals surface area contributed by atoms with E-state index < -0.39 is 0 Å². The van der Waals surface area contributed by atoms with E-state index in [2.05, 4.69) is 31.8 Å². The minimum atomic E-state index is -0.101. The standard InChI is InChI=1S/C14H18ClNOS/c1-14(2)7-3-4-12(14)16-13(17)10-8-9(18)5-6-11(10)15/h5-6,8,12,18H,3-4,7H2,1-2H3,(H,16,17). The number of amides is 1. The lowest BCUT2D eigenvalue weighted by molar-refractivity contribution is 0.0910. The molecule has 18 heavy (non-hydrogen) atoms. The van der Waals surface area contributed by atoms with Gasteiger partial charge in [0.1, 0.15) is 0 Å². The number of halogens is 1. The maximum absolute atomic E-state index is 12.2. The second-order valence-electron chi connectivity index (χ2n) is 5.57. The Kier molecular flexibility index (Phi) is 3.93. The summed E-state index contributed by atoms with van der Waals surface area (Å²) in [5, 5.41) is 3.57. The average Bonchev–Trinajstić information content (AvgIpc) is 2.62. The molecule has 0 heterocycles. The minimum absolute atomic E-state index is 0.101. The zero-order chi connectivity index (χ0) is 13.3. The van der Waals surface area contributed by atoms with Crippen molar-refractivity contribution in [3.8, 4) is 0 Å². The molecule has 2 nitrogen and oxygen atoms in total. The monoisotopic (exact) mass is 283 g/mol. The highest BCUT2D eigenvalue weighted by molar-refractivity contribution is 7.80. The summed E-state index contributed by atoms with van der Waals surface area (Å²) in [6, 6.07) is 5.42. The van der Waals surface area contributed by atoms with Crippen LogP contribution in [-0.4, -0.2) is 11.9 Å². The van der Waals surface area contributed by atoms with Crippen molar-refractivity contribution < 1.29 is 4.79 Å². The van der Waals surface area contributed by atoms with Gasteiger partial charge in [0, 0.05) is 10.9 Å². The number of nitrogens with one attached hydrogen (secondary N) is 1. The number of thiol groups is 1. The fraction of sp³-hybridized carbons (Fsp3) is 0.500. The molecule has 1 saturated carbocycles. The van der Waals surface area contributed by atoms with Crippen molar-refractivity contribution in [3.63, 3.8) is 0 Å². The van der Waals surface area contributed by atoms with Gasteiger partial charge in [0.2, 0.25) is 0 Å². The molecular formula is C14H18ClNOS. The van der Waals surface area contributed by atoms with Crippen molar-refractivity contribution in [2.75, 3.05) is 0 Å². The molecule has 0 spiro atoms. The Balaban J connectivity index is 2.15. The molecule has 4 heteroatoms. The third-order valence-electron chi connectivity index (χ3n) is 3.76. The molecule has 0 saturated heterocycles. The van der Waals surface area contributed by atoms with Gasteiger partial charge in [-0.2, -0.15) is 0 Å². The van der Waals surface area contributed by atoms with E-state index in [9.17, 15) is 4.79 Å². The first-order valence-corrected chi connectivity index (χ1v) is 7.02. The highest BCUT2D eigenvalue weighted by Crippen LogP contribution is 2.37. The number of rotatable bonds is 2. The average molecular weight is 284 g/mol. The summed E-state index contributed by atoms with van der Waals surface area (Å²) in [6.45, 7) is 4.39. The fourth-order valence-corrected chi connectivity index (χ4v) is 2.92. The number of benzene rings is 1. The summed E-state index contributed by atoms with van der Waals surface area (Å²) in [5.41, 5.74) is 0.674. The lowest BCUT2D eigenvalue weighted by Crippen LogP contribution is -2.41. The molecule has 98 valence electrons. The molecule has 1 atom stereocenters. The first-order chi connectivity index (χ1) is 8.40. The summed E-state index contributed by atoms with van der Waals surface area (Å²) in [5.74, 6) is -0.101. The van der Waals surface area contributed by atoms with Gasteiger partial charge in [0.15, 0.2) is 0 Å². The maximum Gasteiger partial charge on any atom is 0.253 e. The van der Waals surface area contributed by atoms with Crippen LogP contribution in [0, 0.1) is 5.41 Å². The summed E-state index contributed by atoms with van der Waals surface area (Å²) in [7, 11) is 0. The predicted molar refractivity (Wildman–Crippen MR) is 77.6 cm³/mol. The van der Waals surface area contributed by atoms with Gasteiger partial charge in [-0.25, -0.2) is 0 Å². The summed E-state index contributed by atoms with van der Waals surface area (Å²) in [6.07, 6.45) is 3.35. The van der Waals surface area contributed by atoms with Crippen molar-refractivity contribution in [2.45, 2.75) is 44.0 Å². The van der Waals surface area contributed by atoms with E-state index in [1.165, 1.54) is 0 Å². The molecular weight excluding hydrogens is 266 g/mol. The van der Waals surface area contributed by atoms with E-state index in [0.717, 1.165) is 24.2 Å². The molecule has 1 aliphatic rings. The van der Waals surface area contributed by atoms with E-state index >= 15 is 0 Å². The molecule has 1 aromatic rings. The SMILES string of the molecule is CC1(C)CCCC1NC(=O)c1cc(S)ccc1Cl. The first kappa shape index (κ1) is 13.8. The fourth-order valence-electron chi connectivity index (χ4n) is 2.52. The molecule has 1 amide bonds. The van der Waals surface area contributed by atoms with Crippen LogP contribution < -0.4 is 5.32 Å². The predicted octanol–water partition coefficient (Wildman–Crippen LogP) is 3.94. The van der Waals surface area contributed by atoms with E-state index in [0.29, 0.717) is 10.6 Å². The van der Waals surface area contributed by atoms with Gasteiger partial charge >= 0.3 is 0 Å². The van der Waals surface area contributed by atoms with Crippen LogP contribution in [0.4, 0.5) is 0 Å². The van der Waals surface area contributed by atoms with Crippen molar-refractivity contribution in [1.82, 2.24) is 5.32 Å². The van der Waals surface area contributed by atoms with E-state index in [-0.39, 0.29) is 17.4 Å². The van der Waals surface area contributed by atoms with Gasteiger partial charge in [0.05, 0.1) is 10.6 Å². The third kappa shape index (κ3) is 2.83. The Morgan fingerprint density at radius 3 is 2.83 bits per heavy atom. The highest BCUT2D eigenvalue weighted by Gasteiger charge is 2.35. The van der Waals surface area contributed by atoms with E-state index in [1.54, 1.807) is 18.2 Å². The second kappa shape index (κ2) is 5.14. The van der Waals surface area contributed by atoms with Crippen LogP contribution in [0.1, 0.15) is 43.5 Å². The van der Waals surface area contributed by atoms with Crippen LogP contribution in [-0.2, 0) is 0 Å². The molecule has 1 unspecified atom stereocenters. The van der Waals surface area contributed by atoms with Crippen molar-refractivity contribution in [2.24, 2.45) is 5.41 Å². The first-order valence-electron chi connectivity index (χ1n) is 6.19. The molecule has 1 aliphatic carbocycles. The Morgan fingerprint density at radius 2 is 2.22 bits per heavy atom. The van der Waals surface area contributed by atoms with Crippen molar-refractivity contribution >= 4 is 30.1 Å².